The van der Waals surface area contributed by atoms with Crippen LogP contribution in [0, 0.1) is 0 Å². The highest BCUT2D eigenvalue weighted by Crippen LogP contribution is 2.41. The molecule has 0 N–H and O–H groups in total. The maximum Gasteiger partial charge on any atom is 0.221 e. The molecule has 0 spiro atoms. The van der Waals surface area contributed by atoms with Gasteiger partial charge in [-0.15, -0.1) is 0 Å². The molecule has 0 aromatic rings. The summed E-state index contributed by atoms with van der Waals surface area (Å²) in [5, 5.41) is 0. The highest BCUT2D eigenvalue weighted by Gasteiger charge is 2.61. The first-order chi connectivity index (χ1) is 5.73. The minimum absolute atomic E-state index is 0.0231. The second-order valence-corrected chi connectivity index (χ2v) is 3.27. The highest BCUT2D eigenvalue weighted by atomic mass is 16.8. The number of fused-ring (bicyclic) bond motifs is 2. The van der Waals surface area contributed by atoms with Crippen LogP contribution in [-0.2, 0) is 18.9 Å². The summed E-state index contributed by atoms with van der Waals surface area (Å²) >= 11 is 0. The van der Waals surface area contributed by atoms with Crippen LogP contribution in [-0.4, -0.2) is 44.9 Å². The first-order valence-electron chi connectivity index (χ1n) is 4.11. The molecule has 70 valence electrons. The van der Waals surface area contributed by atoms with Gasteiger partial charge in [-0.05, 0) is 6.92 Å². The summed E-state index contributed by atoms with van der Waals surface area (Å²) < 4.78 is 21.7. The zero-order valence-corrected chi connectivity index (χ0v) is 7.57. The molecule has 0 aliphatic carbocycles. The summed E-state index contributed by atoms with van der Waals surface area (Å²) in [5.41, 5.74) is 0. The van der Waals surface area contributed by atoms with E-state index >= 15 is 0 Å². The van der Waals surface area contributed by atoms with E-state index in [0.29, 0.717) is 6.61 Å². The van der Waals surface area contributed by atoms with Crippen molar-refractivity contribution in [2.24, 2.45) is 0 Å². The molecule has 4 heteroatoms. The van der Waals surface area contributed by atoms with Crippen LogP contribution < -0.4 is 0 Å². The van der Waals surface area contributed by atoms with Gasteiger partial charge in [-0.3, -0.25) is 0 Å². The molecule has 2 bridgehead atoms. The topological polar surface area (TPSA) is 36.9 Å². The van der Waals surface area contributed by atoms with Crippen LogP contribution in [0.25, 0.3) is 0 Å². The van der Waals surface area contributed by atoms with Crippen LogP contribution in [0.15, 0.2) is 0 Å². The molecule has 4 unspecified atom stereocenters. The minimum atomic E-state index is -0.654. The molecule has 12 heavy (non-hydrogen) atoms. The number of ether oxygens (including phenoxy) is 4. The summed E-state index contributed by atoms with van der Waals surface area (Å²) in [5.74, 6) is -0.654. The van der Waals surface area contributed by atoms with Crippen LogP contribution in [0.3, 0.4) is 0 Å². The summed E-state index contributed by atoms with van der Waals surface area (Å²) in [6.07, 6.45) is -0.00361. The van der Waals surface area contributed by atoms with Crippen LogP contribution in [0.5, 0.6) is 0 Å². The van der Waals surface area contributed by atoms with Crippen molar-refractivity contribution in [3.8, 4) is 0 Å². The molecular weight excluding hydrogens is 160 g/mol. The molecule has 2 fully saturated rings. The van der Waals surface area contributed by atoms with Gasteiger partial charge in [0.1, 0.15) is 18.8 Å². The second kappa shape index (κ2) is 2.67. The van der Waals surface area contributed by atoms with E-state index in [4.69, 9.17) is 18.9 Å². The Morgan fingerprint density at radius 2 is 2.17 bits per heavy atom. The molecule has 0 aromatic carbocycles. The molecule has 2 rings (SSSR count). The van der Waals surface area contributed by atoms with Crippen molar-refractivity contribution < 1.29 is 18.9 Å². The molecule has 2 aliphatic rings. The third-order valence-corrected chi connectivity index (χ3v) is 2.66. The predicted molar refractivity (Wildman–Crippen MR) is 40.8 cm³/mol. The first-order valence-corrected chi connectivity index (χ1v) is 4.11. The van der Waals surface area contributed by atoms with Gasteiger partial charge in [0.15, 0.2) is 0 Å². The van der Waals surface area contributed by atoms with Crippen molar-refractivity contribution in [2.45, 2.75) is 31.0 Å². The third-order valence-electron chi connectivity index (χ3n) is 2.66. The Morgan fingerprint density at radius 1 is 1.42 bits per heavy atom. The van der Waals surface area contributed by atoms with E-state index in [-0.39, 0.29) is 18.3 Å². The number of hydrogen-bond donors (Lipinski definition) is 0. The maximum absolute atomic E-state index is 5.63. The monoisotopic (exact) mass is 174 g/mol. The van der Waals surface area contributed by atoms with Crippen molar-refractivity contribution in [3.63, 3.8) is 0 Å². The average Bonchev–Trinajstić information content (AvgIpc) is 2.56. The Hall–Kier alpha value is -0.160. The lowest BCUT2D eigenvalue weighted by Crippen LogP contribution is -2.43. The summed E-state index contributed by atoms with van der Waals surface area (Å²) in [6.45, 7) is 2.44. The molecule has 0 saturated carbocycles. The highest BCUT2D eigenvalue weighted by molar-refractivity contribution is 5.02. The molecule has 0 radical (unpaired) electrons. The molecular formula is C8H14O4. The third kappa shape index (κ3) is 0.864. The summed E-state index contributed by atoms with van der Waals surface area (Å²) in [7, 11) is 3.28. The number of hydrogen-bond acceptors (Lipinski definition) is 4. The van der Waals surface area contributed by atoms with Gasteiger partial charge in [0.2, 0.25) is 5.79 Å². The Kier molecular flexibility index (Phi) is 1.88. The fourth-order valence-corrected chi connectivity index (χ4v) is 2.03. The van der Waals surface area contributed by atoms with Crippen molar-refractivity contribution in [3.05, 3.63) is 0 Å². The lowest BCUT2D eigenvalue weighted by atomic mass is 10.1. The standard InChI is InChI=1S/C8H14O4/c1-5-6-7(9-2)8(10-3,12-5)4-11-6/h5-7H,4H2,1-3H3. The van der Waals surface area contributed by atoms with E-state index in [0.717, 1.165) is 0 Å². The van der Waals surface area contributed by atoms with Gasteiger partial charge in [-0.1, -0.05) is 0 Å². The summed E-state index contributed by atoms with van der Waals surface area (Å²) in [6, 6.07) is 0. The molecule has 4 atom stereocenters. The van der Waals surface area contributed by atoms with E-state index in [9.17, 15) is 0 Å². The van der Waals surface area contributed by atoms with Gasteiger partial charge >= 0.3 is 0 Å². The largest absolute Gasteiger partial charge is 0.373 e. The van der Waals surface area contributed by atoms with Crippen molar-refractivity contribution in [1.82, 2.24) is 0 Å². The molecule has 2 heterocycles. The van der Waals surface area contributed by atoms with Gasteiger partial charge < -0.3 is 18.9 Å². The van der Waals surface area contributed by atoms with Crippen LogP contribution >= 0.6 is 0 Å². The van der Waals surface area contributed by atoms with E-state index < -0.39 is 5.79 Å². The average molecular weight is 174 g/mol. The zero-order chi connectivity index (χ0) is 8.77. The van der Waals surface area contributed by atoms with E-state index in [1.54, 1.807) is 14.2 Å². The molecule has 0 amide bonds. The summed E-state index contributed by atoms with van der Waals surface area (Å²) in [4.78, 5) is 0. The van der Waals surface area contributed by atoms with Gasteiger partial charge in [-0.25, -0.2) is 0 Å². The van der Waals surface area contributed by atoms with E-state index in [1.807, 2.05) is 6.92 Å². The van der Waals surface area contributed by atoms with Crippen molar-refractivity contribution in [2.75, 3.05) is 20.8 Å². The number of rotatable bonds is 2. The van der Waals surface area contributed by atoms with Gasteiger partial charge in [-0.2, -0.15) is 0 Å². The van der Waals surface area contributed by atoms with E-state index in [1.165, 1.54) is 0 Å². The van der Waals surface area contributed by atoms with Crippen molar-refractivity contribution >= 4 is 0 Å². The fourth-order valence-electron chi connectivity index (χ4n) is 2.03. The molecule has 2 aliphatic heterocycles. The molecule has 0 aromatic heterocycles. The Balaban J connectivity index is 2.23. The lowest BCUT2D eigenvalue weighted by Gasteiger charge is -2.28. The van der Waals surface area contributed by atoms with Gasteiger partial charge in [0, 0.05) is 14.2 Å². The second-order valence-electron chi connectivity index (χ2n) is 3.27. The fraction of sp³-hybridized carbons (Fsp3) is 1.00. The van der Waals surface area contributed by atoms with Crippen LogP contribution in [0.1, 0.15) is 6.92 Å². The lowest BCUT2D eigenvalue weighted by molar-refractivity contribution is -0.264. The zero-order valence-electron chi connectivity index (χ0n) is 7.57. The van der Waals surface area contributed by atoms with Crippen molar-refractivity contribution in [1.29, 1.82) is 0 Å². The number of methoxy groups -OCH3 is 2. The van der Waals surface area contributed by atoms with Gasteiger partial charge in [0.25, 0.3) is 0 Å². The molecule has 4 nitrogen and oxygen atoms in total. The molecule has 2 saturated heterocycles. The predicted octanol–water partition coefficient (Wildman–Crippen LogP) is 0.162. The van der Waals surface area contributed by atoms with E-state index in [2.05, 4.69) is 0 Å². The Morgan fingerprint density at radius 3 is 2.58 bits per heavy atom. The van der Waals surface area contributed by atoms with Gasteiger partial charge in [0.05, 0.1) is 6.10 Å². The Bertz CT molecular complexity index is 184. The normalized spacial score (nSPS) is 51.8. The Labute approximate surface area is 71.7 Å². The minimum Gasteiger partial charge on any atom is -0.373 e. The quantitative estimate of drug-likeness (QED) is 0.597. The maximum atomic E-state index is 5.63. The van der Waals surface area contributed by atoms with Crippen LogP contribution in [0.4, 0.5) is 0 Å². The van der Waals surface area contributed by atoms with Crippen LogP contribution in [0.2, 0.25) is 0 Å². The smallest absolute Gasteiger partial charge is 0.221 e. The first kappa shape index (κ1) is 8.44. The SMILES string of the molecule is COC1C2OCC1(OC)OC2C.